The van der Waals surface area contributed by atoms with Gasteiger partial charge >= 0.3 is 0 Å². The third kappa shape index (κ3) is 2.96. The third-order valence-corrected chi connectivity index (χ3v) is 4.21. The van der Waals surface area contributed by atoms with Gasteiger partial charge in [0.25, 0.3) is 5.89 Å². The van der Waals surface area contributed by atoms with Crippen molar-refractivity contribution < 1.29 is 8.91 Å². The van der Waals surface area contributed by atoms with Crippen LogP contribution in [0.2, 0.25) is 0 Å². The van der Waals surface area contributed by atoms with Crippen LogP contribution in [0, 0.1) is 5.82 Å². The van der Waals surface area contributed by atoms with Crippen molar-refractivity contribution in [3.63, 3.8) is 0 Å². The Morgan fingerprint density at radius 3 is 3.11 bits per heavy atom. The molecule has 100 valence electrons. The van der Waals surface area contributed by atoms with Crippen LogP contribution in [0.1, 0.15) is 12.2 Å². The first-order valence-electron chi connectivity index (χ1n) is 6.21. The van der Waals surface area contributed by atoms with Crippen molar-refractivity contribution in [1.29, 1.82) is 0 Å². The highest BCUT2D eigenvalue weighted by molar-refractivity contribution is 7.99. The molecule has 1 aliphatic heterocycles. The van der Waals surface area contributed by atoms with E-state index in [-0.39, 0.29) is 11.7 Å². The highest BCUT2D eigenvalue weighted by Gasteiger charge is 2.17. The van der Waals surface area contributed by atoms with E-state index in [2.05, 4.69) is 15.5 Å². The van der Waals surface area contributed by atoms with E-state index < -0.39 is 0 Å². The highest BCUT2D eigenvalue weighted by Crippen LogP contribution is 2.21. The smallest absolute Gasteiger partial charge is 0.260 e. The maximum Gasteiger partial charge on any atom is 0.260 e. The number of hydrogen-bond donors (Lipinski definition) is 1. The summed E-state index contributed by atoms with van der Waals surface area (Å²) in [5.74, 6) is 2.77. The molecule has 1 aromatic carbocycles. The molecule has 0 aliphatic carbocycles. The lowest BCUT2D eigenvalue weighted by Crippen LogP contribution is -2.28. The van der Waals surface area contributed by atoms with Crippen LogP contribution in [-0.4, -0.2) is 27.7 Å². The predicted octanol–water partition coefficient (Wildman–Crippen LogP) is 2.47. The van der Waals surface area contributed by atoms with Gasteiger partial charge in [0.2, 0.25) is 0 Å². The molecule has 1 saturated heterocycles. The first-order valence-corrected chi connectivity index (χ1v) is 7.37. The number of benzene rings is 1. The van der Waals surface area contributed by atoms with Crippen LogP contribution >= 0.6 is 11.8 Å². The molecular weight excluding hydrogens is 265 g/mol. The van der Waals surface area contributed by atoms with Crippen LogP contribution < -0.4 is 5.32 Å². The fraction of sp³-hybridized carbons (Fsp3) is 0.385. The maximum atomic E-state index is 13.6. The summed E-state index contributed by atoms with van der Waals surface area (Å²) in [6, 6.07) is 6.91. The van der Waals surface area contributed by atoms with Crippen molar-refractivity contribution in [3.8, 4) is 11.5 Å². The Kier molecular flexibility index (Phi) is 3.79. The van der Waals surface area contributed by atoms with Gasteiger partial charge in [-0.25, -0.2) is 4.39 Å². The zero-order chi connectivity index (χ0) is 13.1. The summed E-state index contributed by atoms with van der Waals surface area (Å²) in [5, 5.41) is 7.25. The van der Waals surface area contributed by atoms with E-state index in [0.717, 1.165) is 5.75 Å². The number of thioether (sulfide) groups is 1. The standard InChI is InChI=1S/C13H14FN3OS/c14-11-4-2-1-3-10(11)13-16-12(17-18-13)7-15-9-5-6-19-8-9/h1-4,9,15H,5-8H2. The lowest BCUT2D eigenvalue weighted by atomic mass is 10.2. The fourth-order valence-electron chi connectivity index (χ4n) is 2.00. The van der Waals surface area contributed by atoms with Crippen LogP contribution in [-0.2, 0) is 6.54 Å². The Morgan fingerprint density at radius 1 is 1.42 bits per heavy atom. The molecule has 1 fully saturated rings. The van der Waals surface area contributed by atoms with Crippen LogP contribution in [0.3, 0.4) is 0 Å². The lowest BCUT2D eigenvalue weighted by molar-refractivity contribution is 0.414. The van der Waals surface area contributed by atoms with Gasteiger partial charge in [0.05, 0.1) is 12.1 Å². The highest BCUT2D eigenvalue weighted by atomic mass is 32.2. The molecule has 4 nitrogen and oxygen atoms in total. The summed E-state index contributed by atoms with van der Waals surface area (Å²) < 4.78 is 18.7. The van der Waals surface area contributed by atoms with Crippen LogP contribution in [0.25, 0.3) is 11.5 Å². The van der Waals surface area contributed by atoms with Crippen molar-refractivity contribution in [1.82, 2.24) is 15.5 Å². The molecule has 19 heavy (non-hydrogen) atoms. The summed E-state index contributed by atoms with van der Waals surface area (Å²) in [4.78, 5) is 4.22. The molecule has 0 saturated carbocycles. The zero-order valence-electron chi connectivity index (χ0n) is 10.3. The van der Waals surface area contributed by atoms with Gasteiger partial charge in [-0.2, -0.15) is 16.7 Å². The number of halogens is 1. The molecule has 0 spiro atoms. The van der Waals surface area contributed by atoms with Crippen molar-refractivity contribution in [2.24, 2.45) is 0 Å². The SMILES string of the molecule is Fc1ccccc1-c1nc(CNC2CCSC2)no1. The largest absolute Gasteiger partial charge is 0.334 e. The molecule has 3 rings (SSSR count). The summed E-state index contributed by atoms with van der Waals surface area (Å²) >= 11 is 1.95. The quantitative estimate of drug-likeness (QED) is 0.931. The van der Waals surface area contributed by atoms with E-state index >= 15 is 0 Å². The number of nitrogens with one attached hydrogen (secondary N) is 1. The number of rotatable bonds is 4. The molecule has 0 radical (unpaired) electrons. The van der Waals surface area contributed by atoms with E-state index in [1.54, 1.807) is 18.2 Å². The minimum atomic E-state index is -0.349. The van der Waals surface area contributed by atoms with Gasteiger partial charge in [-0.15, -0.1) is 0 Å². The van der Waals surface area contributed by atoms with Gasteiger partial charge in [-0.3, -0.25) is 0 Å². The first-order chi connectivity index (χ1) is 9.33. The van der Waals surface area contributed by atoms with Crippen molar-refractivity contribution in [2.45, 2.75) is 19.0 Å². The van der Waals surface area contributed by atoms with E-state index in [1.165, 1.54) is 18.2 Å². The van der Waals surface area contributed by atoms with Crippen LogP contribution in [0.4, 0.5) is 4.39 Å². The minimum absolute atomic E-state index is 0.232. The summed E-state index contributed by atoms with van der Waals surface area (Å²) in [6.45, 7) is 0.559. The molecule has 2 heterocycles. The van der Waals surface area contributed by atoms with Gasteiger partial charge < -0.3 is 9.84 Å². The van der Waals surface area contributed by atoms with E-state index in [9.17, 15) is 4.39 Å². The Labute approximate surface area is 114 Å². The Hall–Kier alpha value is -1.40. The van der Waals surface area contributed by atoms with Gasteiger partial charge in [-0.05, 0) is 24.3 Å². The van der Waals surface area contributed by atoms with Gasteiger partial charge in [0.1, 0.15) is 5.82 Å². The third-order valence-electron chi connectivity index (χ3n) is 3.05. The Balaban J connectivity index is 1.67. The normalized spacial score (nSPS) is 18.9. The van der Waals surface area contributed by atoms with Crippen molar-refractivity contribution >= 4 is 11.8 Å². The van der Waals surface area contributed by atoms with Gasteiger partial charge in [0.15, 0.2) is 5.82 Å². The van der Waals surface area contributed by atoms with Crippen molar-refractivity contribution in [3.05, 3.63) is 35.9 Å². The van der Waals surface area contributed by atoms with E-state index in [0.29, 0.717) is 24.0 Å². The molecule has 0 amide bonds. The summed E-state index contributed by atoms with van der Waals surface area (Å²) in [5.41, 5.74) is 0.345. The maximum absolute atomic E-state index is 13.6. The van der Waals surface area contributed by atoms with Crippen LogP contribution in [0.5, 0.6) is 0 Å². The number of aromatic nitrogens is 2. The molecule has 1 aromatic heterocycles. The summed E-state index contributed by atoms with van der Waals surface area (Å²) in [6.07, 6.45) is 1.17. The average molecular weight is 279 g/mol. The molecule has 6 heteroatoms. The Bertz CT molecular complexity index is 554. The fourth-order valence-corrected chi connectivity index (χ4v) is 3.19. The second kappa shape index (κ2) is 5.71. The van der Waals surface area contributed by atoms with Gasteiger partial charge in [0, 0.05) is 11.8 Å². The lowest BCUT2D eigenvalue weighted by Gasteiger charge is -2.07. The topological polar surface area (TPSA) is 51.0 Å². The second-order valence-electron chi connectivity index (χ2n) is 4.44. The molecule has 2 aromatic rings. The minimum Gasteiger partial charge on any atom is -0.334 e. The number of nitrogens with zero attached hydrogens (tertiary/aromatic N) is 2. The molecule has 1 unspecified atom stereocenters. The molecule has 1 atom stereocenters. The van der Waals surface area contributed by atoms with E-state index in [4.69, 9.17) is 4.52 Å². The number of hydrogen-bond acceptors (Lipinski definition) is 5. The summed E-state index contributed by atoms with van der Waals surface area (Å²) in [7, 11) is 0. The molecular formula is C13H14FN3OS. The van der Waals surface area contributed by atoms with E-state index in [1.807, 2.05) is 11.8 Å². The first kappa shape index (κ1) is 12.6. The average Bonchev–Trinajstić information content (AvgIpc) is 3.08. The molecule has 1 N–H and O–H groups in total. The predicted molar refractivity (Wildman–Crippen MR) is 72.3 cm³/mol. The van der Waals surface area contributed by atoms with Crippen LogP contribution in [0.15, 0.2) is 28.8 Å². The zero-order valence-corrected chi connectivity index (χ0v) is 11.1. The Morgan fingerprint density at radius 2 is 2.32 bits per heavy atom. The molecule has 1 aliphatic rings. The van der Waals surface area contributed by atoms with Gasteiger partial charge in [-0.1, -0.05) is 17.3 Å². The molecule has 0 bridgehead atoms. The monoisotopic (exact) mass is 279 g/mol. The van der Waals surface area contributed by atoms with Crippen molar-refractivity contribution in [2.75, 3.05) is 11.5 Å². The second-order valence-corrected chi connectivity index (χ2v) is 5.59.